The molecule has 3 nitrogen and oxygen atoms in total. The van der Waals surface area contributed by atoms with E-state index in [9.17, 15) is 5.11 Å². The molecule has 0 saturated heterocycles. The lowest BCUT2D eigenvalue weighted by Crippen LogP contribution is -2.38. The van der Waals surface area contributed by atoms with Crippen LogP contribution in [0.5, 0.6) is 0 Å². The Morgan fingerprint density at radius 2 is 2.05 bits per heavy atom. The van der Waals surface area contributed by atoms with Crippen LogP contribution in [-0.2, 0) is 12.0 Å². The summed E-state index contributed by atoms with van der Waals surface area (Å²) in [6.07, 6.45) is 5.69. The van der Waals surface area contributed by atoms with Crippen LogP contribution in [0, 0.1) is 0 Å². The van der Waals surface area contributed by atoms with E-state index in [1.807, 2.05) is 30.5 Å². The molecule has 2 atom stereocenters. The van der Waals surface area contributed by atoms with Crippen molar-refractivity contribution in [1.82, 2.24) is 10.3 Å². The number of aromatic nitrogens is 1. The van der Waals surface area contributed by atoms with Gasteiger partial charge in [-0.15, -0.1) is 0 Å². The quantitative estimate of drug-likeness (QED) is 0.859. The fourth-order valence-corrected chi connectivity index (χ4v) is 3.37. The second kappa shape index (κ2) is 6.59. The van der Waals surface area contributed by atoms with Crippen LogP contribution in [0.15, 0.2) is 48.7 Å². The number of nitrogens with one attached hydrogen (secondary N) is 1. The van der Waals surface area contributed by atoms with E-state index in [1.54, 1.807) is 0 Å². The fraction of sp³-hybridized carbons (Fsp3) is 0.421. The van der Waals surface area contributed by atoms with Gasteiger partial charge in [0, 0.05) is 18.8 Å². The molecular weight excluding hydrogens is 272 g/mol. The van der Waals surface area contributed by atoms with Gasteiger partial charge in [-0.2, -0.15) is 0 Å². The summed E-state index contributed by atoms with van der Waals surface area (Å²) in [5.74, 6) is 0. The number of aryl methyl sites for hydroxylation is 1. The molecule has 0 bridgehead atoms. The molecule has 1 aliphatic rings. The highest BCUT2D eigenvalue weighted by Crippen LogP contribution is 2.36. The molecule has 1 aromatic heterocycles. The van der Waals surface area contributed by atoms with Crippen molar-refractivity contribution in [3.63, 3.8) is 0 Å². The summed E-state index contributed by atoms with van der Waals surface area (Å²) in [5.41, 5.74) is 2.66. The molecule has 2 aromatic rings. The number of nitrogens with zero attached hydrogens (tertiary/aromatic N) is 1. The van der Waals surface area contributed by atoms with Gasteiger partial charge in [0.1, 0.15) is 5.60 Å². The van der Waals surface area contributed by atoms with Crippen LogP contribution in [0.1, 0.15) is 49.0 Å². The third kappa shape index (κ3) is 3.06. The Morgan fingerprint density at radius 1 is 1.23 bits per heavy atom. The van der Waals surface area contributed by atoms with Crippen LogP contribution in [-0.4, -0.2) is 16.6 Å². The Labute approximate surface area is 132 Å². The minimum absolute atomic E-state index is 0.197. The van der Waals surface area contributed by atoms with Crippen molar-refractivity contribution in [2.45, 2.75) is 44.2 Å². The van der Waals surface area contributed by atoms with Gasteiger partial charge in [-0.1, -0.05) is 43.7 Å². The molecule has 3 rings (SSSR count). The van der Waals surface area contributed by atoms with Crippen molar-refractivity contribution in [3.05, 3.63) is 65.5 Å². The van der Waals surface area contributed by atoms with Crippen molar-refractivity contribution >= 4 is 0 Å². The third-order valence-corrected chi connectivity index (χ3v) is 4.59. The molecule has 22 heavy (non-hydrogen) atoms. The van der Waals surface area contributed by atoms with E-state index in [4.69, 9.17) is 0 Å². The maximum Gasteiger partial charge on any atom is 0.103 e. The molecule has 0 fully saturated rings. The number of pyridine rings is 1. The molecule has 2 unspecified atom stereocenters. The first kappa shape index (κ1) is 15.2. The van der Waals surface area contributed by atoms with Crippen LogP contribution in [0.25, 0.3) is 0 Å². The molecule has 1 aliphatic carbocycles. The minimum Gasteiger partial charge on any atom is -0.384 e. The normalized spacial score (nSPS) is 21.5. The predicted molar refractivity (Wildman–Crippen MR) is 88.5 cm³/mol. The summed E-state index contributed by atoms with van der Waals surface area (Å²) < 4.78 is 0. The second-order valence-electron chi connectivity index (χ2n) is 6.17. The summed E-state index contributed by atoms with van der Waals surface area (Å²) in [4.78, 5) is 4.47. The maximum absolute atomic E-state index is 11.0. The molecule has 1 heterocycles. The van der Waals surface area contributed by atoms with Crippen LogP contribution < -0.4 is 5.32 Å². The lowest BCUT2D eigenvalue weighted by Gasteiger charge is -2.28. The Kier molecular flexibility index (Phi) is 4.55. The molecule has 2 N–H and O–H groups in total. The number of fused-ring (bicyclic) bond motifs is 1. The van der Waals surface area contributed by atoms with Gasteiger partial charge in [0.05, 0.1) is 5.69 Å². The van der Waals surface area contributed by atoms with Gasteiger partial charge >= 0.3 is 0 Å². The van der Waals surface area contributed by atoms with Crippen molar-refractivity contribution in [1.29, 1.82) is 0 Å². The standard InChI is InChI=1S/C19H24N2O/c1-2-7-17(18-10-5-6-13-20-18)21-14-19(22)12-11-15-8-3-4-9-16(15)19/h3-6,8-10,13,17,21-22H,2,7,11-12,14H2,1H3. The van der Waals surface area contributed by atoms with E-state index in [1.165, 1.54) is 5.56 Å². The molecule has 0 radical (unpaired) electrons. The summed E-state index contributed by atoms with van der Waals surface area (Å²) in [6, 6.07) is 14.4. The summed E-state index contributed by atoms with van der Waals surface area (Å²) >= 11 is 0. The zero-order valence-electron chi connectivity index (χ0n) is 13.1. The average molecular weight is 296 g/mol. The Balaban J connectivity index is 1.73. The van der Waals surface area contributed by atoms with Crippen molar-refractivity contribution < 1.29 is 5.11 Å². The minimum atomic E-state index is -0.753. The van der Waals surface area contributed by atoms with E-state index in [2.05, 4.69) is 35.4 Å². The van der Waals surface area contributed by atoms with Crippen LogP contribution >= 0.6 is 0 Å². The number of rotatable bonds is 6. The van der Waals surface area contributed by atoms with Gasteiger partial charge in [0.15, 0.2) is 0 Å². The zero-order chi connectivity index (χ0) is 15.4. The first-order valence-electron chi connectivity index (χ1n) is 8.18. The number of aliphatic hydroxyl groups is 1. The largest absolute Gasteiger partial charge is 0.384 e. The van der Waals surface area contributed by atoms with E-state index in [0.717, 1.165) is 36.9 Å². The topological polar surface area (TPSA) is 45.1 Å². The van der Waals surface area contributed by atoms with Crippen molar-refractivity contribution in [2.75, 3.05) is 6.54 Å². The van der Waals surface area contributed by atoms with Gasteiger partial charge in [-0.05, 0) is 42.5 Å². The van der Waals surface area contributed by atoms with Crippen LogP contribution in [0.3, 0.4) is 0 Å². The molecule has 0 amide bonds. The number of hydrogen-bond acceptors (Lipinski definition) is 3. The lowest BCUT2D eigenvalue weighted by atomic mass is 9.95. The Hall–Kier alpha value is -1.71. The average Bonchev–Trinajstić information content (AvgIpc) is 2.90. The van der Waals surface area contributed by atoms with Crippen LogP contribution in [0.4, 0.5) is 0 Å². The number of hydrogen-bond donors (Lipinski definition) is 2. The van der Waals surface area contributed by atoms with E-state index >= 15 is 0 Å². The van der Waals surface area contributed by atoms with Gasteiger partial charge in [-0.25, -0.2) is 0 Å². The third-order valence-electron chi connectivity index (χ3n) is 4.59. The molecule has 0 aliphatic heterocycles. The van der Waals surface area contributed by atoms with Gasteiger partial charge in [-0.3, -0.25) is 4.98 Å². The SMILES string of the molecule is CCCC(NCC1(O)CCc2ccccc21)c1ccccn1. The summed E-state index contributed by atoms with van der Waals surface area (Å²) in [7, 11) is 0. The fourth-order valence-electron chi connectivity index (χ4n) is 3.37. The first-order valence-corrected chi connectivity index (χ1v) is 8.18. The summed E-state index contributed by atoms with van der Waals surface area (Å²) in [6.45, 7) is 2.75. The first-order chi connectivity index (χ1) is 10.7. The Bertz CT molecular complexity index is 614. The maximum atomic E-state index is 11.0. The van der Waals surface area contributed by atoms with Crippen molar-refractivity contribution in [2.24, 2.45) is 0 Å². The lowest BCUT2D eigenvalue weighted by molar-refractivity contribution is 0.0353. The van der Waals surface area contributed by atoms with E-state index in [0.29, 0.717) is 6.54 Å². The number of benzene rings is 1. The van der Waals surface area contributed by atoms with E-state index < -0.39 is 5.60 Å². The molecule has 0 spiro atoms. The van der Waals surface area contributed by atoms with Gasteiger partial charge in [0.2, 0.25) is 0 Å². The molecule has 116 valence electrons. The molecule has 0 saturated carbocycles. The summed E-state index contributed by atoms with van der Waals surface area (Å²) in [5, 5.41) is 14.6. The molecule has 3 heteroatoms. The zero-order valence-corrected chi connectivity index (χ0v) is 13.1. The highest BCUT2D eigenvalue weighted by atomic mass is 16.3. The highest BCUT2D eigenvalue weighted by molar-refractivity contribution is 5.37. The molecular formula is C19H24N2O. The monoisotopic (exact) mass is 296 g/mol. The molecule has 1 aromatic carbocycles. The van der Waals surface area contributed by atoms with Crippen LogP contribution in [0.2, 0.25) is 0 Å². The second-order valence-corrected chi connectivity index (χ2v) is 6.17. The van der Waals surface area contributed by atoms with Crippen molar-refractivity contribution in [3.8, 4) is 0 Å². The van der Waals surface area contributed by atoms with Gasteiger partial charge in [0.25, 0.3) is 0 Å². The van der Waals surface area contributed by atoms with Gasteiger partial charge < -0.3 is 10.4 Å². The Morgan fingerprint density at radius 3 is 2.82 bits per heavy atom. The predicted octanol–water partition coefficient (Wildman–Crippen LogP) is 3.35. The smallest absolute Gasteiger partial charge is 0.103 e. The highest BCUT2D eigenvalue weighted by Gasteiger charge is 2.36. The van der Waals surface area contributed by atoms with E-state index in [-0.39, 0.29) is 6.04 Å².